The number of nitrogen functional groups attached to an aromatic ring is 1. The molecular weight excluding hydrogens is 262 g/mol. The first-order valence-electron chi connectivity index (χ1n) is 6.05. The van der Waals surface area contributed by atoms with Crippen LogP contribution in [-0.2, 0) is 12.0 Å². The van der Waals surface area contributed by atoms with Crippen LogP contribution in [0.1, 0.15) is 33.4 Å². The summed E-state index contributed by atoms with van der Waals surface area (Å²) in [6.45, 7) is 8.57. The molecule has 6 nitrogen and oxygen atoms in total. The van der Waals surface area contributed by atoms with Crippen molar-refractivity contribution in [3.8, 4) is 10.6 Å². The van der Waals surface area contributed by atoms with Crippen LogP contribution in [0.3, 0.4) is 0 Å². The zero-order valence-electron chi connectivity index (χ0n) is 11.5. The van der Waals surface area contributed by atoms with Gasteiger partial charge in [-0.3, -0.25) is 4.79 Å². The Morgan fingerprint density at radius 1 is 1.37 bits per heavy atom. The summed E-state index contributed by atoms with van der Waals surface area (Å²) < 4.78 is 1.45. The molecule has 7 heteroatoms. The Balaban J connectivity index is 2.69. The second-order valence-electron chi connectivity index (χ2n) is 5.26. The highest BCUT2D eigenvalue weighted by atomic mass is 32.1. The molecular formula is C12H17N5OS. The number of nitrogens with zero attached hydrogens (tertiary/aromatic N) is 4. The van der Waals surface area contributed by atoms with E-state index >= 15 is 0 Å². The summed E-state index contributed by atoms with van der Waals surface area (Å²) in [5, 5.41) is 13.0. The van der Waals surface area contributed by atoms with E-state index in [0.29, 0.717) is 22.2 Å². The molecule has 0 saturated carbocycles. The fourth-order valence-corrected chi connectivity index (χ4v) is 2.24. The predicted octanol–water partition coefficient (Wildman–Crippen LogP) is 1.66. The zero-order valence-corrected chi connectivity index (χ0v) is 12.3. The number of rotatable bonds is 2. The number of aryl methyl sites for hydroxylation is 1. The van der Waals surface area contributed by atoms with E-state index in [2.05, 4.69) is 36.1 Å². The molecule has 0 radical (unpaired) electrons. The van der Waals surface area contributed by atoms with Gasteiger partial charge in [0.05, 0.1) is 11.3 Å². The van der Waals surface area contributed by atoms with Gasteiger partial charge in [-0.1, -0.05) is 32.1 Å². The Hall–Kier alpha value is -1.76. The van der Waals surface area contributed by atoms with Crippen molar-refractivity contribution in [2.45, 2.75) is 39.7 Å². The van der Waals surface area contributed by atoms with Gasteiger partial charge in [0.25, 0.3) is 5.56 Å². The minimum Gasteiger partial charge on any atom is -0.374 e. The van der Waals surface area contributed by atoms with E-state index in [1.165, 1.54) is 16.0 Å². The molecule has 0 atom stereocenters. The van der Waals surface area contributed by atoms with E-state index in [4.69, 9.17) is 5.73 Å². The van der Waals surface area contributed by atoms with Gasteiger partial charge in [0.1, 0.15) is 0 Å². The average Bonchev–Trinajstić information content (AvgIpc) is 2.74. The Kier molecular flexibility index (Phi) is 3.40. The monoisotopic (exact) mass is 279 g/mol. The first-order chi connectivity index (χ1) is 8.82. The summed E-state index contributed by atoms with van der Waals surface area (Å²) in [5.74, 6) is 0. The van der Waals surface area contributed by atoms with Crippen LogP contribution in [0.15, 0.2) is 10.9 Å². The third kappa shape index (κ3) is 2.65. The molecule has 2 heterocycles. The van der Waals surface area contributed by atoms with Gasteiger partial charge in [-0.05, 0) is 13.0 Å². The third-order valence-electron chi connectivity index (χ3n) is 2.71. The molecule has 19 heavy (non-hydrogen) atoms. The lowest BCUT2D eigenvalue weighted by Gasteiger charge is -2.19. The van der Waals surface area contributed by atoms with Crippen LogP contribution < -0.4 is 11.3 Å². The summed E-state index contributed by atoms with van der Waals surface area (Å²) in [6, 6.07) is 1.79. The molecule has 0 aliphatic carbocycles. The van der Waals surface area contributed by atoms with E-state index in [0.717, 1.165) is 5.69 Å². The Morgan fingerprint density at radius 3 is 2.53 bits per heavy atom. The van der Waals surface area contributed by atoms with Crippen molar-refractivity contribution >= 4 is 16.5 Å². The Labute approximate surface area is 115 Å². The number of anilines is 1. The quantitative estimate of drug-likeness (QED) is 0.903. The van der Waals surface area contributed by atoms with E-state index in [1.807, 2.05) is 6.92 Å². The molecule has 2 aromatic rings. The van der Waals surface area contributed by atoms with Crippen LogP contribution in [0, 0.1) is 0 Å². The van der Waals surface area contributed by atoms with Crippen LogP contribution in [0.4, 0.5) is 5.13 Å². The van der Waals surface area contributed by atoms with E-state index in [-0.39, 0.29) is 11.0 Å². The third-order valence-corrected chi connectivity index (χ3v) is 3.50. The molecule has 0 aliphatic heterocycles. The largest absolute Gasteiger partial charge is 0.374 e. The van der Waals surface area contributed by atoms with Crippen molar-refractivity contribution in [1.29, 1.82) is 0 Å². The van der Waals surface area contributed by atoms with Crippen molar-refractivity contribution < 1.29 is 0 Å². The minimum atomic E-state index is -0.161. The molecule has 0 unspecified atom stereocenters. The lowest BCUT2D eigenvalue weighted by molar-refractivity contribution is 0.512. The van der Waals surface area contributed by atoms with Crippen LogP contribution in [0.25, 0.3) is 10.6 Å². The fourth-order valence-electron chi connectivity index (χ4n) is 1.62. The van der Waals surface area contributed by atoms with Crippen molar-refractivity contribution in [1.82, 2.24) is 20.0 Å². The van der Waals surface area contributed by atoms with Crippen LogP contribution in [0.2, 0.25) is 0 Å². The summed E-state index contributed by atoms with van der Waals surface area (Å²) in [4.78, 5) is 12.3. The van der Waals surface area contributed by atoms with Crippen molar-refractivity contribution in [3.63, 3.8) is 0 Å². The second kappa shape index (κ2) is 4.73. The van der Waals surface area contributed by atoms with Gasteiger partial charge < -0.3 is 5.73 Å². The molecule has 0 bridgehead atoms. The summed E-state index contributed by atoms with van der Waals surface area (Å²) >= 11 is 1.21. The minimum absolute atomic E-state index is 0.143. The van der Waals surface area contributed by atoms with Gasteiger partial charge in [-0.2, -0.15) is 5.10 Å². The first kappa shape index (κ1) is 13.7. The maximum Gasteiger partial charge on any atom is 0.277 e. The molecule has 0 spiro atoms. The molecule has 0 aromatic carbocycles. The number of hydrogen-bond acceptors (Lipinski definition) is 6. The lowest BCUT2D eigenvalue weighted by atomic mass is 9.91. The number of hydrogen-bond donors (Lipinski definition) is 1. The topological polar surface area (TPSA) is 86.7 Å². The fraction of sp³-hybridized carbons (Fsp3) is 0.500. The highest BCUT2D eigenvalue weighted by Gasteiger charge is 2.21. The van der Waals surface area contributed by atoms with Crippen LogP contribution in [0.5, 0.6) is 0 Å². The smallest absolute Gasteiger partial charge is 0.277 e. The number of nitrogens with two attached hydrogens (primary N) is 1. The maximum atomic E-state index is 12.3. The molecule has 0 saturated heterocycles. The van der Waals surface area contributed by atoms with Gasteiger partial charge in [0.15, 0.2) is 5.01 Å². The first-order valence-corrected chi connectivity index (χ1v) is 6.86. The maximum absolute atomic E-state index is 12.3. The van der Waals surface area contributed by atoms with Crippen molar-refractivity contribution in [3.05, 3.63) is 22.1 Å². The van der Waals surface area contributed by atoms with E-state index in [9.17, 15) is 4.79 Å². The molecule has 0 aliphatic rings. The van der Waals surface area contributed by atoms with Gasteiger partial charge in [0, 0.05) is 12.0 Å². The van der Waals surface area contributed by atoms with Gasteiger partial charge in [0.2, 0.25) is 5.13 Å². The normalized spacial score (nSPS) is 11.8. The van der Waals surface area contributed by atoms with Crippen LogP contribution in [-0.4, -0.2) is 20.0 Å². The van der Waals surface area contributed by atoms with E-state index < -0.39 is 0 Å². The van der Waals surface area contributed by atoms with Gasteiger partial charge >= 0.3 is 0 Å². The lowest BCUT2D eigenvalue weighted by Crippen LogP contribution is -2.28. The van der Waals surface area contributed by atoms with Crippen LogP contribution >= 0.6 is 11.3 Å². The molecule has 0 fully saturated rings. The summed E-state index contributed by atoms with van der Waals surface area (Å²) in [5.41, 5.74) is 6.63. The van der Waals surface area contributed by atoms with Gasteiger partial charge in [-0.15, -0.1) is 10.2 Å². The second-order valence-corrected chi connectivity index (χ2v) is 6.27. The number of aromatic nitrogens is 4. The van der Waals surface area contributed by atoms with E-state index in [1.54, 1.807) is 6.07 Å². The molecule has 2 aromatic heterocycles. The highest BCUT2D eigenvalue weighted by Crippen LogP contribution is 2.26. The average molecular weight is 279 g/mol. The Morgan fingerprint density at radius 2 is 2.05 bits per heavy atom. The predicted molar refractivity (Wildman–Crippen MR) is 76.2 cm³/mol. The van der Waals surface area contributed by atoms with Crippen molar-refractivity contribution in [2.24, 2.45) is 0 Å². The molecule has 102 valence electrons. The standard InChI is InChI=1S/C12H17N5OS/c1-5-17-10(18)7(9-14-15-11(13)19-9)6-8(16-17)12(2,3)4/h6H,5H2,1-4H3,(H2,13,15). The summed E-state index contributed by atoms with van der Waals surface area (Å²) in [7, 11) is 0. The summed E-state index contributed by atoms with van der Waals surface area (Å²) in [6.07, 6.45) is 0. The SMILES string of the molecule is CCn1nc(C(C)(C)C)cc(-c2nnc(N)s2)c1=O. The molecule has 2 N–H and O–H groups in total. The van der Waals surface area contributed by atoms with Gasteiger partial charge in [-0.25, -0.2) is 4.68 Å². The Bertz CT molecular complexity index is 653. The highest BCUT2D eigenvalue weighted by molar-refractivity contribution is 7.18. The molecule has 0 amide bonds. The van der Waals surface area contributed by atoms with Crippen molar-refractivity contribution in [2.75, 3.05) is 5.73 Å². The zero-order chi connectivity index (χ0) is 14.2. The molecule has 2 rings (SSSR count).